The molecule has 0 saturated carbocycles. The van der Waals surface area contributed by atoms with Gasteiger partial charge >= 0.3 is 0 Å². The number of likely N-dealkylation sites (tertiary alicyclic amines) is 1. The third-order valence-corrected chi connectivity index (χ3v) is 5.46. The number of guanidine groups is 1. The number of rotatable bonds is 7. The SMILES string of the molecule is CCNC(=NCc1csc(CC)n1)N1CCC(N(CC)CC)C1.I. The van der Waals surface area contributed by atoms with Crippen LogP contribution >= 0.6 is 35.3 Å². The smallest absolute Gasteiger partial charge is 0.194 e. The summed E-state index contributed by atoms with van der Waals surface area (Å²) in [6.45, 7) is 14.8. The van der Waals surface area contributed by atoms with Gasteiger partial charge in [-0.1, -0.05) is 20.8 Å². The lowest BCUT2D eigenvalue weighted by Crippen LogP contribution is -2.43. The number of nitrogens with one attached hydrogen (secondary N) is 1. The average molecular weight is 465 g/mol. The maximum atomic E-state index is 4.82. The first-order valence-electron chi connectivity index (χ1n) is 8.92. The average Bonchev–Trinajstić information content (AvgIpc) is 3.22. The molecular weight excluding hydrogens is 433 g/mol. The van der Waals surface area contributed by atoms with Gasteiger partial charge in [-0.3, -0.25) is 4.90 Å². The van der Waals surface area contributed by atoms with Crippen molar-refractivity contribution < 1.29 is 0 Å². The Bertz CT molecular complexity index is 501. The molecule has 0 spiro atoms. The van der Waals surface area contributed by atoms with Crippen molar-refractivity contribution in [3.63, 3.8) is 0 Å². The summed E-state index contributed by atoms with van der Waals surface area (Å²) >= 11 is 1.74. The lowest BCUT2D eigenvalue weighted by atomic mass is 10.2. The van der Waals surface area contributed by atoms with Gasteiger partial charge in [-0.2, -0.15) is 0 Å². The van der Waals surface area contributed by atoms with Gasteiger partial charge in [0.2, 0.25) is 0 Å². The van der Waals surface area contributed by atoms with Crippen molar-refractivity contribution >= 4 is 41.3 Å². The second-order valence-corrected chi connectivity index (χ2v) is 6.81. The van der Waals surface area contributed by atoms with E-state index in [4.69, 9.17) is 4.99 Å². The predicted octanol–water partition coefficient (Wildman–Crippen LogP) is 3.21. The second-order valence-electron chi connectivity index (χ2n) is 5.87. The first kappa shape index (κ1) is 21.6. The summed E-state index contributed by atoms with van der Waals surface area (Å²) in [6, 6.07) is 0.653. The third kappa shape index (κ3) is 5.84. The number of hydrogen-bond donors (Lipinski definition) is 1. The van der Waals surface area contributed by atoms with E-state index in [9.17, 15) is 0 Å². The molecule has 0 bridgehead atoms. The molecule has 1 aliphatic heterocycles. The van der Waals surface area contributed by atoms with Gasteiger partial charge in [-0.05, 0) is 32.9 Å². The van der Waals surface area contributed by atoms with Crippen LogP contribution in [0.2, 0.25) is 0 Å². The molecule has 0 aliphatic carbocycles. The molecule has 7 heteroatoms. The largest absolute Gasteiger partial charge is 0.357 e. The van der Waals surface area contributed by atoms with Crippen LogP contribution in [-0.2, 0) is 13.0 Å². The van der Waals surface area contributed by atoms with Crippen LogP contribution in [-0.4, -0.2) is 59.5 Å². The van der Waals surface area contributed by atoms with E-state index in [0.717, 1.165) is 50.8 Å². The number of likely N-dealkylation sites (N-methyl/N-ethyl adjacent to an activating group) is 1. The first-order chi connectivity index (χ1) is 11.2. The summed E-state index contributed by atoms with van der Waals surface area (Å²) in [5.74, 6) is 1.04. The Morgan fingerprint density at radius 3 is 2.71 bits per heavy atom. The van der Waals surface area contributed by atoms with Crippen molar-refractivity contribution in [3.05, 3.63) is 16.1 Å². The highest BCUT2D eigenvalue weighted by Crippen LogP contribution is 2.16. The maximum absolute atomic E-state index is 4.82. The quantitative estimate of drug-likeness (QED) is 0.382. The Morgan fingerprint density at radius 2 is 2.12 bits per heavy atom. The normalized spacial score (nSPS) is 18.1. The fourth-order valence-electron chi connectivity index (χ4n) is 3.14. The summed E-state index contributed by atoms with van der Waals surface area (Å²) < 4.78 is 0. The molecule has 1 unspecified atom stereocenters. The number of aliphatic imine (C=N–C) groups is 1. The topological polar surface area (TPSA) is 43.8 Å². The van der Waals surface area contributed by atoms with Gasteiger partial charge in [-0.15, -0.1) is 35.3 Å². The van der Waals surface area contributed by atoms with E-state index in [0.29, 0.717) is 12.6 Å². The predicted molar refractivity (Wildman–Crippen MR) is 115 cm³/mol. The summed E-state index contributed by atoms with van der Waals surface area (Å²) in [5.41, 5.74) is 1.08. The van der Waals surface area contributed by atoms with Crippen LogP contribution in [0.4, 0.5) is 0 Å². The Balaban J connectivity index is 0.00000288. The zero-order chi connectivity index (χ0) is 16.7. The van der Waals surface area contributed by atoms with Crippen LogP contribution in [0.1, 0.15) is 44.8 Å². The van der Waals surface area contributed by atoms with Crippen molar-refractivity contribution in [1.82, 2.24) is 20.1 Å². The first-order valence-corrected chi connectivity index (χ1v) is 9.80. The summed E-state index contributed by atoms with van der Waals surface area (Å²) in [6.07, 6.45) is 2.23. The van der Waals surface area contributed by atoms with Gasteiger partial charge < -0.3 is 10.2 Å². The molecule has 24 heavy (non-hydrogen) atoms. The van der Waals surface area contributed by atoms with Crippen molar-refractivity contribution in [2.45, 2.75) is 53.1 Å². The summed E-state index contributed by atoms with van der Waals surface area (Å²) in [4.78, 5) is 14.4. The zero-order valence-corrected chi connectivity index (χ0v) is 18.6. The Kier molecular flexibility index (Phi) is 10.1. The van der Waals surface area contributed by atoms with E-state index >= 15 is 0 Å². The van der Waals surface area contributed by atoms with Crippen molar-refractivity contribution in [2.24, 2.45) is 4.99 Å². The van der Waals surface area contributed by atoms with Crippen molar-refractivity contribution in [1.29, 1.82) is 0 Å². The number of hydrogen-bond acceptors (Lipinski definition) is 4. The summed E-state index contributed by atoms with van der Waals surface area (Å²) in [7, 11) is 0. The highest BCUT2D eigenvalue weighted by molar-refractivity contribution is 14.0. The molecule has 1 fully saturated rings. The summed E-state index contributed by atoms with van der Waals surface area (Å²) in [5, 5.41) is 6.77. The van der Waals surface area contributed by atoms with E-state index < -0.39 is 0 Å². The van der Waals surface area contributed by atoms with E-state index in [1.807, 2.05) is 0 Å². The van der Waals surface area contributed by atoms with E-state index in [1.54, 1.807) is 11.3 Å². The van der Waals surface area contributed by atoms with E-state index in [2.05, 4.69) is 53.2 Å². The van der Waals surface area contributed by atoms with Crippen molar-refractivity contribution in [3.8, 4) is 0 Å². The lowest BCUT2D eigenvalue weighted by Gasteiger charge is -2.27. The molecule has 5 nitrogen and oxygen atoms in total. The van der Waals surface area contributed by atoms with E-state index in [-0.39, 0.29) is 24.0 Å². The molecule has 1 N–H and O–H groups in total. The molecule has 1 saturated heterocycles. The monoisotopic (exact) mass is 465 g/mol. The second kappa shape index (κ2) is 11.3. The minimum atomic E-state index is 0. The van der Waals surface area contributed by atoms with Gasteiger partial charge in [0.1, 0.15) is 0 Å². The van der Waals surface area contributed by atoms with Crippen LogP contribution in [0.5, 0.6) is 0 Å². The highest BCUT2D eigenvalue weighted by Gasteiger charge is 2.27. The van der Waals surface area contributed by atoms with Gasteiger partial charge in [0.25, 0.3) is 0 Å². The number of halogens is 1. The molecule has 2 heterocycles. The fraction of sp³-hybridized carbons (Fsp3) is 0.765. The van der Waals surface area contributed by atoms with Crippen LogP contribution in [0.3, 0.4) is 0 Å². The Hall–Kier alpha value is -0.410. The van der Waals surface area contributed by atoms with Crippen LogP contribution < -0.4 is 5.32 Å². The third-order valence-electron chi connectivity index (χ3n) is 4.42. The van der Waals surface area contributed by atoms with Gasteiger partial charge in [0.15, 0.2) is 5.96 Å². The van der Waals surface area contributed by atoms with E-state index in [1.165, 1.54) is 11.4 Å². The number of aryl methyl sites for hydroxylation is 1. The number of thiazole rings is 1. The lowest BCUT2D eigenvalue weighted by molar-refractivity contribution is 0.223. The minimum absolute atomic E-state index is 0. The molecule has 138 valence electrons. The molecule has 0 radical (unpaired) electrons. The zero-order valence-electron chi connectivity index (χ0n) is 15.4. The molecular formula is C17H32IN5S. The standard InChI is InChI=1S/C17H31N5S.HI/c1-5-16-20-14(13-23-16)11-19-17(18-6-2)22-10-9-15(12-22)21(7-3)8-4;/h13,15H,5-12H2,1-4H3,(H,18,19);1H. The van der Waals surface area contributed by atoms with Gasteiger partial charge in [0, 0.05) is 31.1 Å². The molecule has 1 atom stereocenters. The maximum Gasteiger partial charge on any atom is 0.194 e. The minimum Gasteiger partial charge on any atom is -0.357 e. The molecule has 0 aromatic carbocycles. The van der Waals surface area contributed by atoms with Gasteiger partial charge in [-0.25, -0.2) is 9.98 Å². The van der Waals surface area contributed by atoms with Gasteiger partial charge in [0.05, 0.1) is 17.2 Å². The molecule has 1 aromatic heterocycles. The molecule has 2 rings (SSSR count). The van der Waals surface area contributed by atoms with Crippen LogP contribution in [0, 0.1) is 0 Å². The van der Waals surface area contributed by atoms with Crippen LogP contribution in [0.15, 0.2) is 10.4 Å². The fourth-order valence-corrected chi connectivity index (χ4v) is 3.87. The molecule has 0 amide bonds. The molecule has 1 aliphatic rings. The van der Waals surface area contributed by atoms with Crippen LogP contribution in [0.25, 0.3) is 0 Å². The number of nitrogens with zero attached hydrogens (tertiary/aromatic N) is 4. The highest BCUT2D eigenvalue weighted by atomic mass is 127. The number of aromatic nitrogens is 1. The Labute approximate surface area is 168 Å². The van der Waals surface area contributed by atoms with Crippen molar-refractivity contribution in [2.75, 3.05) is 32.7 Å². The Morgan fingerprint density at radius 1 is 1.38 bits per heavy atom. The molecule has 1 aromatic rings.